The lowest BCUT2D eigenvalue weighted by molar-refractivity contribution is -0.140. The quantitative estimate of drug-likeness (QED) is 0.809. The van der Waals surface area contributed by atoms with Gasteiger partial charge in [-0.1, -0.05) is 11.2 Å². The highest BCUT2D eigenvalue weighted by Gasteiger charge is 2.41. The molecule has 0 radical (unpaired) electrons. The van der Waals surface area contributed by atoms with Crippen molar-refractivity contribution in [3.8, 4) is 0 Å². The van der Waals surface area contributed by atoms with Crippen LogP contribution in [0.5, 0.6) is 0 Å². The van der Waals surface area contributed by atoms with Crippen LogP contribution < -0.4 is 4.90 Å². The fourth-order valence-corrected chi connectivity index (χ4v) is 4.23. The topological polar surface area (TPSA) is 58.8 Å². The average molecular weight is 387 g/mol. The van der Waals surface area contributed by atoms with Gasteiger partial charge < -0.3 is 14.2 Å². The highest BCUT2D eigenvalue weighted by molar-refractivity contribution is 5.95. The summed E-state index contributed by atoms with van der Waals surface area (Å²) in [6.07, 6.45) is 2.69. The summed E-state index contributed by atoms with van der Waals surface area (Å²) in [7, 11) is 0. The van der Waals surface area contributed by atoms with E-state index in [2.05, 4.69) is 10.1 Å². The molecule has 0 bridgehead atoms. The molecule has 0 aliphatic carbocycles. The van der Waals surface area contributed by atoms with Gasteiger partial charge >= 0.3 is 0 Å². The van der Waals surface area contributed by atoms with Gasteiger partial charge in [0.15, 0.2) is 0 Å². The second-order valence-electron chi connectivity index (χ2n) is 7.86. The summed E-state index contributed by atoms with van der Waals surface area (Å²) in [6, 6.07) is 6.22. The van der Waals surface area contributed by atoms with Crippen LogP contribution in [-0.2, 0) is 16.1 Å². The van der Waals surface area contributed by atoms with E-state index in [1.807, 2.05) is 13.8 Å². The maximum atomic E-state index is 13.7. The predicted octanol–water partition coefficient (Wildman–Crippen LogP) is 3.22. The van der Waals surface area contributed by atoms with Crippen molar-refractivity contribution < 1.29 is 18.4 Å². The van der Waals surface area contributed by atoms with E-state index in [4.69, 9.17) is 9.26 Å². The van der Waals surface area contributed by atoms with Crippen LogP contribution in [0.1, 0.15) is 36.3 Å². The number of carbonyl (C=O) groups excluding carboxylic acids is 1. The van der Waals surface area contributed by atoms with Gasteiger partial charge in [0, 0.05) is 24.3 Å². The number of hydrogen-bond donors (Lipinski definition) is 0. The lowest BCUT2D eigenvalue weighted by Gasteiger charge is -2.42. The lowest BCUT2D eigenvalue weighted by Crippen LogP contribution is -2.55. The third-order valence-electron chi connectivity index (χ3n) is 5.92. The zero-order valence-electron chi connectivity index (χ0n) is 16.4. The van der Waals surface area contributed by atoms with E-state index in [1.54, 1.807) is 17.0 Å². The number of anilines is 1. The molecule has 2 aliphatic rings. The Balaban J connectivity index is 1.47. The first-order valence-electron chi connectivity index (χ1n) is 9.80. The molecule has 1 unspecified atom stereocenters. The molecule has 0 N–H and O–H groups in total. The molecule has 6 nitrogen and oxygen atoms in total. The minimum atomic E-state index is -0.381. The third kappa shape index (κ3) is 3.82. The van der Waals surface area contributed by atoms with Crippen molar-refractivity contribution in [3.05, 3.63) is 47.1 Å². The van der Waals surface area contributed by atoms with Gasteiger partial charge in [-0.25, -0.2) is 4.39 Å². The Labute approximate surface area is 164 Å². The smallest absolute Gasteiger partial charge is 0.253 e. The fourth-order valence-electron chi connectivity index (χ4n) is 4.23. The van der Waals surface area contributed by atoms with Crippen LogP contribution in [0.4, 0.5) is 10.1 Å². The van der Waals surface area contributed by atoms with Gasteiger partial charge in [-0.15, -0.1) is 0 Å². The molecule has 1 amide bonds. The third-order valence-corrected chi connectivity index (χ3v) is 5.92. The number of rotatable bonds is 3. The van der Waals surface area contributed by atoms with Crippen molar-refractivity contribution in [1.82, 2.24) is 10.1 Å². The van der Waals surface area contributed by atoms with E-state index >= 15 is 0 Å². The molecule has 0 saturated carbocycles. The predicted molar refractivity (Wildman–Crippen MR) is 103 cm³/mol. The summed E-state index contributed by atoms with van der Waals surface area (Å²) in [6.45, 7) is 7.07. The number of likely N-dealkylation sites (tertiary alicyclic amines) is 1. The first kappa shape index (κ1) is 19.1. The number of aryl methyl sites for hydroxylation is 2. The van der Waals surface area contributed by atoms with Crippen LogP contribution in [0.2, 0.25) is 0 Å². The minimum Gasteiger partial charge on any atom is -0.363 e. The first-order valence-corrected chi connectivity index (χ1v) is 9.80. The van der Waals surface area contributed by atoms with Crippen molar-refractivity contribution in [1.29, 1.82) is 0 Å². The Kier molecular flexibility index (Phi) is 5.21. The molecule has 2 saturated heterocycles. The SMILES string of the molecule is Cc1noc(C)c1CN1CCCC2(CC1)CN(c1cccc(F)c1)C(=O)CO2. The van der Waals surface area contributed by atoms with Gasteiger partial charge in [-0.3, -0.25) is 9.69 Å². The second-order valence-corrected chi connectivity index (χ2v) is 7.86. The molecule has 3 heterocycles. The largest absolute Gasteiger partial charge is 0.363 e. The molecule has 28 heavy (non-hydrogen) atoms. The van der Waals surface area contributed by atoms with Crippen LogP contribution in [-0.4, -0.2) is 47.8 Å². The molecule has 2 aromatic rings. The Bertz CT molecular complexity index is 849. The second kappa shape index (κ2) is 7.64. The minimum absolute atomic E-state index is 0.0420. The highest BCUT2D eigenvalue weighted by atomic mass is 19.1. The summed E-state index contributed by atoms with van der Waals surface area (Å²) in [4.78, 5) is 16.5. The first-order chi connectivity index (χ1) is 13.5. The molecule has 7 heteroatoms. The van der Waals surface area contributed by atoms with Gasteiger partial charge in [-0.05, 0) is 57.9 Å². The van der Waals surface area contributed by atoms with Crippen molar-refractivity contribution >= 4 is 11.6 Å². The van der Waals surface area contributed by atoms with E-state index in [-0.39, 0.29) is 23.9 Å². The fraction of sp³-hybridized carbons (Fsp3) is 0.524. The standard InChI is InChI=1S/C21H26FN3O3/c1-15-19(16(2)28-23-15)12-24-9-4-7-21(8-10-24)14-25(20(26)13-27-21)18-6-3-5-17(22)11-18/h3,5-6,11H,4,7-10,12-14H2,1-2H3. The number of ether oxygens (including phenoxy) is 1. The van der Waals surface area contributed by atoms with Gasteiger partial charge in [0.05, 0.1) is 17.8 Å². The monoisotopic (exact) mass is 387 g/mol. The Morgan fingerprint density at radius 2 is 2.11 bits per heavy atom. The van der Waals surface area contributed by atoms with Crippen LogP contribution in [0.15, 0.2) is 28.8 Å². The van der Waals surface area contributed by atoms with Gasteiger partial charge in [-0.2, -0.15) is 0 Å². The number of benzene rings is 1. The van der Waals surface area contributed by atoms with Crippen molar-refractivity contribution in [2.45, 2.75) is 45.3 Å². The number of halogens is 1. The Morgan fingerprint density at radius 1 is 1.25 bits per heavy atom. The molecule has 2 fully saturated rings. The number of carbonyl (C=O) groups is 1. The van der Waals surface area contributed by atoms with E-state index < -0.39 is 0 Å². The number of nitrogens with zero attached hydrogens (tertiary/aromatic N) is 3. The Morgan fingerprint density at radius 3 is 2.86 bits per heavy atom. The van der Waals surface area contributed by atoms with Crippen LogP contribution in [0.3, 0.4) is 0 Å². The van der Waals surface area contributed by atoms with Crippen LogP contribution >= 0.6 is 0 Å². The number of morpholine rings is 1. The van der Waals surface area contributed by atoms with E-state index in [0.717, 1.165) is 55.9 Å². The number of aromatic nitrogens is 1. The molecule has 1 atom stereocenters. The maximum Gasteiger partial charge on any atom is 0.253 e. The summed E-state index contributed by atoms with van der Waals surface area (Å²) < 4.78 is 25.0. The summed E-state index contributed by atoms with van der Waals surface area (Å²) in [5.74, 6) is 0.415. The van der Waals surface area contributed by atoms with Crippen molar-refractivity contribution in [2.75, 3.05) is 31.1 Å². The Hall–Kier alpha value is -2.25. The average Bonchev–Trinajstić information content (AvgIpc) is 2.88. The molecule has 1 spiro atoms. The summed E-state index contributed by atoms with van der Waals surface area (Å²) >= 11 is 0. The van der Waals surface area contributed by atoms with Crippen LogP contribution in [0.25, 0.3) is 0 Å². The van der Waals surface area contributed by atoms with Gasteiger partial charge in [0.2, 0.25) is 0 Å². The van der Waals surface area contributed by atoms with Gasteiger partial charge in [0.25, 0.3) is 5.91 Å². The summed E-state index contributed by atoms with van der Waals surface area (Å²) in [5, 5.41) is 4.05. The van der Waals surface area contributed by atoms with Crippen molar-refractivity contribution in [2.24, 2.45) is 0 Å². The molecule has 1 aromatic heterocycles. The normalized spacial score (nSPS) is 24.0. The lowest BCUT2D eigenvalue weighted by atomic mass is 9.92. The molecule has 2 aliphatic heterocycles. The molecule has 1 aromatic carbocycles. The van der Waals surface area contributed by atoms with E-state index in [1.165, 1.54) is 12.1 Å². The number of amides is 1. The zero-order chi connectivity index (χ0) is 19.7. The van der Waals surface area contributed by atoms with Gasteiger partial charge in [0.1, 0.15) is 18.2 Å². The molecular formula is C21H26FN3O3. The van der Waals surface area contributed by atoms with Crippen LogP contribution in [0, 0.1) is 19.7 Å². The molecule has 150 valence electrons. The summed E-state index contributed by atoms with van der Waals surface area (Å²) in [5.41, 5.74) is 2.31. The van der Waals surface area contributed by atoms with E-state index in [9.17, 15) is 9.18 Å². The number of hydrogen-bond acceptors (Lipinski definition) is 5. The molecular weight excluding hydrogens is 361 g/mol. The maximum absolute atomic E-state index is 13.7. The van der Waals surface area contributed by atoms with Crippen molar-refractivity contribution in [3.63, 3.8) is 0 Å². The molecule has 4 rings (SSSR count). The van der Waals surface area contributed by atoms with E-state index in [0.29, 0.717) is 12.2 Å². The highest BCUT2D eigenvalue weighted by Crippen LogP contribution is 2.33. The zero-order valence-corrected chi connectivity index (χ0v) is 16.4.